The molecular weight excluding hydrogens is 414 g/mol. The minimum atomic E-state index is -1.16. The van der Waals surface area contributed by atoms with E-state index in [0.29, 0.717) is 5.82 Å². The zero-order valence-electron chi connectivity index (χ0n) is 11.1. The molecule has 0 atom stereocenters. The van der Waals surface area contributed by atoms with E-state index in [9.17, 15) is 4.79 Å². The van der Waals surface area contributed by atoms with Crippen LogP contribution in [0.5, 0.6) is 0 Å². The number of carbonyl (C=O) groups is 1. The molecule has 0 fully saturated rings. The molecule has 0 radical (unpaired) electrons. The summed E-state index contributed by atoms with van der Waals surface area (Å²) in [7, 11) is 0. The fraction of sp³-hybridized carbons (Fsp3) is 0. The first-order valence-electron chi connectivity index (χ1n) is 6.27. The van der Waals surface area contributed by atoms with Crippen LogP contribution >= 0.6 is 31.9 Å². The number of hydrogen-bond acceptors (Lipinski definition) is 3. The molecule has 0 spiro atoms. The molecule has 3 rings (SSSR count). The van der Waals surface area contributed by atoms with Gasteiger partial charge in [-0.05, 0) is 36.4 Å². The summed E-state index contributed by atoms with van der Waals surface area (Å²) in [6.45, 7) is 0. The van der Waals surface area contributed by atoms with Crippen LogP contribution in [0.1, 0.15) is 10.6 Å². The maximum Gasteiger partial charge on any atom is 0.375 e. The molecule has 0 saturated heterocycles. The first-order chi connectivity index (χ1) is 10.5. The van der Waals surface area contributed by atoms with Gasteiger partial charge in [-0.2, -0.15) is 0 Å². The van der Waals surface area contributed by atoms with Gasteiger partial charge in [0.05, 0.1) is 5.69 Å². The van der Waals surface area contributed by atoms with E-state index in [4.69, 9.17) is 5.11 Å². The molecule has 1 heterocycles. The van der Waals surface area contributed by atoms with Gasteiger partial charge < -0.3 is 5.11 Å². The summed E-state index contributed by atoms with van der Waals surface area (Å²) in [6.07, 6.45) is 0. The second-order valence-corrected chi connectivity index (χ2v) is 6.29. The second kappa shape index (κ2) is 6.02. The first kappa shape index (κ1) is 14.9. The summed E-state index contributed by atoms with van der Waals surface area (Å²) in [5.41, 5.74) is 1.52. The Morgan fingerprint density at radius 3 is 2.05 bits per heavy atom. The van der Waals surface area contributed by atoms with E-state index < -0.39 is 5.97 Å². The predicted octanol–water partition coefficient (Wildman–Crippen LogP) is 4.16. The highest BCUT2D eigenvalue weighted by atomic mass is 79.9. The highest BCUT2D eigenvalue weighted by Gasteiger charge is 2.17. The van der Waals surface area contributed by atoms with Crippen LogP contribution in [0, 0.1) is 0 Å². The van der Waals surface area contributed by atoms with E-state index >= 15 is 0 Å². The smallest absolute Gasteiger partial charge is 0.375 e. The number of carboxylic acid groups (broad SMARTS) is 1. The SMILES string of the molecule is O=C(O)c1nc(-c2ccc(Br)cc2)n(-c2ccc(Br)cc2)n1. The van der Waals surface area contributed by atoms with Crippen LogP contribution in [-0.4, -0.2) is 25.8 Å². The number of aromatic carboxylic acids is 1. The molecule has 22 heavy (non-hydrogen) atoms. The molecule has 1 N–H and O–H groups in total. The topological polar surface area (TPSA) is 68.0 Å². The average Bonchev–Trinajstić information content (AvgIpc) is 2.94. The first-order valence-corrected chi connectivity index (χ1v) is 7.85. The van der Waals surface area contributed by atoms with Gasteiger partial charge in [0.25, 0.3) is 5.82 Å². The Morgan fingerprint density at radius 2 is 1.50 bits per heavy atom. The van der Waals surface area contributed by atoms with E-state index in [1.165, 1.54) is 4.68 Å². The molecule has 110 valence electrons. The van der Waals surface area contributed by atoms with Crippen molar-refractivity contribution < 1.29 is 9.90 Å². The molecule has 7 heteroatoms. The standard InChI is InChI=1S/C15H9Br2N3O2/c16-10-3-1-9(2-4-10)14-18-13(15(21)22)19-20(14)12-7-5-11(17)6-8-12/h1-8H,(H,21,22). The van der Waals surface area contributed by atoms with Crippen molar-refractivity contribution in [2.24, 2.45) is 0 Å². The molecule has 0 amide bonds. The van der Waals surface area contributed by atoms with Gasteiger partial charge in [-0.15, -0.1) is 5.10 Å². The summed E-state index contributed by atoms with van der Waals surface area (Å²) < 4.78 is 3.39. The van der Waals surface area contributed by atoms with Crippen LogP contribution in [0.25, 0.3) is 17.1 Å². The maximum absolute atomic E-state index is 11.2. The lowest BCUT2D eigenvalue weighted by Gasteiger charge is -2.06. The van der Waals surface area contributed by atoms with Crippen LogP contribution in [0.15, 0.2) is 57.5 Å². The number of nitrogens with zero attached hydrogens (tertiary/aromatic N) is 3. The molecule has 2 aromatic carbocycles. The largest absolute Gasteiger partial charge is 0.475 e. The van der Waals surface area contributed by atoms with Crippen molar-refractivity contribution in [3.8, 4) is 17.1 Å². The summed E-state index contributed by atoms with van der Waals surface area (Å²) in [5, 5.41) is 13.2. The summed E-state index contributed by atoms with van der Waals surface area (Å²) in [4.78, 5) is 15.3. The van der Waals surface area contributed by atoms with E-state index in [-0.39, 0.29) is 5.82 Å². The summed E-state index contributed by atoms with van der Waals surface area (Å²) >= 11 is 6.75. The lowest BCUT2D eigenvalue weighted by Crippen LogP contribution is -2.02. The summed E-state index contributed by atoms with van der Waals surface area (Å²) in [6, 6.07) is 14.9. The van der Waals surface area contributed by atoms with Crippen molar-refractivity contribution in [2.75, 3.05) is 0 Å². The molecule has 0 bridgehead atoms. The fourth-order valence-electron chi connectivity index (χ4n) is 1.95. The van der Waals surface area contributed by atoms with Gasteiger partial charge in [0.1, 0.15) is 0 Å². The van der Waals surface area contributed by atoms with Gasteiger partial charge in [0.2, 0.25) is 0 Å². The molecule has 0 unspecified atom stereocenters. The predicted molar refractivity (Wildman–Crippen MR) is 89.2 cm³/mol. The van der Waals surface area contributed by atoms with Crippen LogP contribution in [0.2, 0.25) is 0 Å². The number of rotatable bonds is 3. The van der Waals surface area contributed by atoms with Crippen molar-refractivity contribution in [2.45, 2.75) is 0 Å². The van der Waals surface area contributed by atoms with Gasteiger partial charge in [0, 0.05) is 14.5 Å². The third kappa shape index (κ3) is 2.95. The van der Waals surface area contributed by atoms with E-state index in [1.54, 1.807) is 0 Å². The van der Waals surface area contributed by atoms with E-state index in [2.05, 4.69) is 41.9 Å². The average molecular weight is 423 g/mol. The van der Waals surface area contributed by atoms with E-state index in [0.717, 1.165) is 20.2 Å². The number of aromatic nitrogens is 3. The molecule has 1 aromatic heterocycles. The zero-order chi connectivity index (χ0) is 15.7. The Kier molecular flexibility index (Phi) is 4.08. The number of benzene rings is 2. The Hall–Kier alpha value is -1.99. The highest BCUT2D eigenvalue weighted by Crippen LogP contribution is 2.24. The minimum Gasteiger partial charge on any atom is -0.475 e. The maximum atomic E-state index is 11.2. The van der Waals surface area contributed by atoms with Crippen LogP contribution < -0.4 is 0 Å². The lowest BCUT2D eigenvalue weighted by atomic mass is 10.2. The van der Waals surface area contributed by atoms with Crippen LogP contribution in [-0.2, 0) is 0 Å². The van der Waals surface area contributed by atoms with Crippen molar-refractivity contribution in [3.05, 3.63) is 63.3 Å². The zero-order valence-corrected chi connectivity index (χ0v) is 14.2. The Bertz CT molecular complexity index is 764. The van der Waals surface area contributed by atoms with Crippen molar-refractivity contribution in [1.29, 1.82) is 0 Å². The minimum absolute atomic E-state index is 0.235. The molecular formula is C15H9Br2N3O2. The summed E-state index contributed by atoms with van der Waals surface area (Å²) in [5.74, 6) is -0.915. The second-order valence-electron chi connectivity index (χ2n) is 4.46. The number of carboxylic acids is 1. The Labute approximate surface area is 142 Å². The Balaban J connectivity index is 2.17. The van der Waals surface area contributed by atoms with E-state index in [1.807, 2.05) is 48.5 Å². The van der Waals surface area contributed by atoms with Gasteiger partial charge in [-0.1, -0.05) is 44.0 Å². The van der Waals surface area contributed by atoms with Crippen molar-refractivity contribution in [3.63, 3.8) is 0 Å². The van der Waals surface area contributed by atoms with Crippen LogP contribution in [0.4, 0.5) is 0 Å². The molecule has 3 aromatic rings. The number of halogens is 2. The van der Waals surface area contributed by atoms with Gasteiger partial charge >= 0.3 is 5.97 Å². The van der Waals surface area contributed by atoms with Gasteiger partial charge in [-0.3, -0.25) is 0 Å². The molecule has 0 aliphatic heterocycles. The Morgan fingerprint density at radius 1 is 0.955 bits per heavy atom. The molecule has 0 aliphatic rings. The molecule has 0 aliphatic carbocycles. The quantitative estimate of drug-likeness (QED) is 0.688. The van der Waals surface area contributed by atoms with Gasteiger partial charge in [-0.25, -0.2) is 14.5 Å². The molecule has 0 saturated carbocycles. The van der Waals surface area contributed by atoms with Crippen molar-refractivity contribution >= 4 is 37.8 Å². The van der Waals surface area contributed by atoms with Crippen molar-refractivity contribution in [1.82, 2.24) is 14.8 Å². The third-order valence-electron chi connectivity index (χ3n) is 2.97. The lowest BCUT2D eigenvalue weighted by molar-refractivity contribution is 0.0683. The fourth-order valence-corrected chi connectivity index (χ4v) is 2.48. The molecule has 5 nitrogen and oxygen atoms in total. The normalized spacial score (nSPS) is 10.6. The number of hydrogen-bond donors (Lipinski definition) is 1. The third-order valence-corrected chi connectivity index (χ3v) is 4.03. The highest BCUT2D eigenvalue weighted by molar-refractivity contribution is 9.10. The van der Waals surface area contributed by atoms with Crippen LogP contribution in [0.3, 0.4) is 0 Å². The van der Waals surface area contributed by atoms with Gasteiger partial charge in [0.15, 0.2) is 5.82 Å². The monoisotopic (exact) mass is 421 g/mol.